The van der Waals surface area contributed by atoms with E-state index in [-0.39, 0.29) is 23.3 Å². The van der Waals surface area contributed by atoms with Crippen LogP contribution in [0.5, 0.6) is 11.5 Å². The Balaban J connectivity index is 2.41. The van der Waals surface area contributed by atoms with Gasteiger partial charge in [-0.15, -0.1) is 6.58 Å². The Bertz CT molecular complexity index is 604. The summed E-state index contributed by atoms with van der Waals surface area (Å²) in [5.41, 5.74) is 3.02. The minimum absolute atomic E-state index is 0.0134. The number of hydrogen-bond acceptors (Lipinski definition) is 2. The Morgan fingerprint density at radius 3 is 2.74 bits per heavy atom. The maximum atomic E-state index is 10.7. The van der Waals surface area contributed by atoms with E-state index in [9.17, 15) is 10.2 Å². The molecule has 0 aromatic heterocycles. The summed E-state index contributed by atoms with van der Waals surface area (Å²) in [4.78, 5) is 0. The summed E-state index contributed by atoms with van der Waals surface area (Å²) >= 11 is 2.21. The van der Waals surface area contributed by atoms with Crippen LogP contribution in [0.15, 0.2) is 30.4 Å². The van der Waals surface area contributed by atoms with Gasteiger partial charge in [-0.25, -0.2) is 0 Å². The van der Waals surface area contributed by atoms with Crippen LogP contribution in [0.4, 0.5) is 0 Å². The lowest BCUT2D eigenvalue weighted by atomic mass is 9.76. The highest BCUT2D eigenvalue weighted by Crippen LogP contribution is 2.46. The molecule has 0 heterocycles. The summed E-state index contributed by atoms with van der Waals surface area (Å²) in [7, 11) is 0. The molecule has 2 nitrogen and oxygen atoms in total. The van der Waals surface area contributed by atoms with Gasteiger partial charge in [0.25, 0.3) is 0 Å². The van der Waals surface area contributed by atoms with Gasteiger partial charge in [0.2, 0.25) is 0 Å². The molecule has 23 heavy (non-hydrogen) atoms. The molecule has 1 aliphatic carbocycles. The van der Waals surface area contributed by atoms with E-state index in [1.54, 1.807) is 0 Å². The number of phenolic OH excluding ortho intramolecular Hbond substituents is 2. The molecule has 0 saturated heterocycles. The molecule has 2 atom stereocenters. The second kappa shape index (κ2) is 8.22. The van der Waals surface area contributed by atoms with Crippen LogP contribution in [0.25, 0.3) is 0 Å². The van der Waals surface area contributed by atoms with E-state index in [0.29, 0.717) is 5.56 Å². The molecule has 1 aromatic rings. The molecule has 0 saturated carbocycles. The maximum absolute atomic E-state index is 10.7. The van der Waals surface area contributed by atoms with Crippen molar-refractivity contribution in [2.45, 2.75) is 58.3 Å². The topological polar surface area (TPSA) is 40.5 Å². The quantitative estimate of drug-likeness (QED) is 0.330. The molecule has 0 aliphatic heterocycles. The van der Waals surface area contributed by atoms with E-state index in [4.69, 9.17) is 0 Å². The average molecular weight is 426 g/mol. The van der Waals surface area contributed by atoms with Crippen molar-refractivity contribution in [2.24, 2.45) is 5.92 Å². The maximum Gasteiger partial charge on any atom is 0.136 e. The van der Waals surface area contributed by atoms with Crippen molar-refractivity contribution in [1.82, 2.24) is 0 Å². The average Bonchev–Trinajstić information content (AvgIpc) is 2.52. The first-order valence-corrected chi connectivity index (χ1v) is 9.60. The van der Waals surface area contributed by atoms with Crippen LogP contribution in [0, 0.1) is 9.49 Å². The third kappa shape index (κ3) is 4.11. The van der Waals surface area contributed by atoms with E-state index < -0.39 is 0 Å². The van der Waals surface area contributed by atoms with Crippen molar-refractivity contribution in [2.75, 3.05) is 0 Å². The van der Waals surface area contributed by atoms with E-state index >= 15 is 0 Å². The van der Waals surface area contributed by atoms with Crippen LogP contribution < -0.4 is 0 Å². The summed E-state index contributed by atoms with van der Waals surface area (Å²) in [6.45, 7) is 8.23. The van der Waals surface area contributed by atoms with Gasteiger partial charge in [0, 0.05) is 11.5 Å². The molecular formula is C20H27IO2. The van der Waals surface area contributed by atoms with Gasteiger partial charge < -0.3 is 10.2 Å². The fraction of sp³-hybridized carbons (Fsp3) is 0.500. The lowest BCUT2D eigenvalue weighted by Gasteiger charge is -2.29. The minimum Gasteiger partial charge on any atom is -0.507 e. The van der Waals surface area contributed by atoms with Crippen molar-refractivity contribution >= 4 is 22.6 Å². The Labute approximate surface area is 153 Å². The van der Waals surface area contributed by atoms with Crippen molar-refractivity contribution in [3.63, 3.8) is 0 Å². The molecule has 2 rings (SSSR count). The van der Waals surface area contributed by atoms with Gasteiger partial charge in [-0.1, -0.05) is 37.5 Å². The van der Waals surface area contributed by atoms with E-state index in [1.165, 1.54) is 18.4 Å². The van der Waals surface area contributed by atoms with Crippen LogP contribution in [-0.2, 0) is 6.42 Å². The highest BCUT2D eigenvalue weighted by atomic mass is 127. The number of aromatic hydroxyl groups is 2. The van der Waals surface area contributed by atoms with Gasteiger partial charge in [-0.2, -0.15) is 0 Å². The molecule has 2 N–H and O–H groups in total. The Hall–Kier alpha value is -0.970. The monoisotopic (exact) mass is 426 g/mol. The first-order valence-electron chi connectivity index (χ1n) is 8.52. The summed E-state index contributed by atoms with van der Waals surface area (Å²) in [6.07, 6.45) is 10.5. The van der Waals surface area contributed by atoms with Crippen LogP contribution in [-0.4, -0.2) is 10.2 Å². The summed E-state index contributed by atoms with van der Waals surface area (Å²) in [5.74, 6) is 0.744. The predicted molar refractivity (Wildman–Crippen MR) is 105 cm³/mol. The molecule has 1 unspecified atom stereocenters. The predicted octanol–water partition coefficient (Wildman–Crippen LogP) is 6.06. The molecule has 0 fully saturated rings. The van der Waals surface area contributed by atoms with Crippen molar-refractivity contribution in [1.29, 1.82) is 0 Å². The van der Waals surface area contributed by atoms with Gasteiger partial charge in [-0.05, 0) is 72.7 Å². The highest BCUT2D eigenvalue weighted by molar-refractivity contribution is 14.1. The molecule has 1 aromatic carbocycles. The number of unbranched alkanes of at least 4 members (excludes halogenated alkanes) is 2. The Kier molecular flexibility index (Phi) is 6.57. The smallest absolute Gasteiger partial charge is 0.136 e. The fourth-order valence-electron chi connectivity index (χ4n) is 3.42. The second-order valence-corrected chi connectivity index (χ2v) is 7.64. The van der Waals surface area contributed by atoms with Gasteiger partial charge in [-0.3, -0.25) is 0 Å². The van der Waals surface area contributed by atoms with Crippen LogP contribution in [0.3, 0.4) is 0 Å². The van der Waals surface area contributed by atoms with Crippen LogP contribution in [0.1, 0.15) is 63.0 Å². The number of aryl methyl sites for hydroxylation is 1. The minimum atomic E-state index is 0.0134. The summed E-state index contributed by atoms with van der Waals surface area (Å²) in [5, 5.41) is 21.3. The molecule has 3 heteroatoms. The zero-order valence-corrected chi connectivity index (χ0v) is 16.3. The zero-order chi connectivity index (χ0) is 17.0. The van der Waals surface area contributed by atoms with E-state index in [1.807, 2.05) is 12.1 Å². The van der Waals surface area contributed by atoms with Crippen molar-refractivity contribution in [3.05, 3.63) is 45.1 Å². The third-order valence-electron chi connectivity index (χ3n) is 4.81. The molecule has 0 amide bonds. The van der Waals surface area contributed by atoms with E-state index in [2.05, 4.69) is 49.1 Å². The van der Waals surface area contributed by atoms with Crippen molar-refractivity contribution in [3.8, 4) is 11.5 Å². The second-order valence-electron chi connectivity index (χ2n) is 6.57. The number of hydrogen-bond donors (Lipinski definition) is 2. The Morgan fingerprint density at radius 2 is 2.09 bits per heavy atom. The molecule has 0 spiro atoms. The van der Waals surface area contributed by atoms with Gasteiger partial charge in [0.05, 0.1) is 3.57 Å². The van der Waals surface area contributed by atoms with Crippen LogP contribution >= 0.6 is 22.6 Å². The summed E-state index contributed by atoms with van der Waals surface area (Å²) < 4.78 is 0.881. The number of rotatable bonds is 6. The molecular weight excluding hydrogens is 399 g/mol. The molecule has 1 aliphatic rings. The molecule has 126 valence electrons. The number of benzene rings is 1. The molecule has 0 radical (unpaired) electrons. The fourth-order valence-corrected chi connectivity index (χ4v) is 4.14. The largest absolute Gasteiger partial charge is 0.507 e. The van der Waals surface area contributed by atoms with Gasteiger partial charge in [0.15, 0.2) is 0 Å². The number of allylic oxidation sites excluding steroid dienone is 3. The third-order valence-corrected chi connectivity index (χ3v) is 6.02. The normalized spacial score (nSPS) is 21.1. The first kappa shape index (κ1) is 18.4. The van der Waals surface area contributed by atoms with E-state index in [0.717, 1.165) is 34.8 Å². The zero-order valence-electron chi connectivity index (χ0n) is 14.1. The number of phenols is 2. The number of halogens is 1. The lowest BCUT2D eigenvalue weighted by Crippen LogP contribution is -2.14. The molecule has 0 bridgehead atoms. The Morgan fingerprint density at radius 1 is 1.35 bits per heavy atom. The van der Waals surface area contributed by atoms with Gasteiger partial charge >= 0.3 is 0 Å². The highest BCUT2D eigenvalue weighted by Gasteiger charge is 2.29. The summed E-state index contributed by atoms with van der Waals surface area (Å²) in [6, 6.07) is 1.85. The lowest BCUT2D eigenvalue weighted by molar-refractivity contribution is 0.409. The first-order chi connectivity index (χ1) is 11.0. The van der Waals surface area contributed by atoms with Crippen molar-refractivity contribution < 1.29 is 10.2 Å². The van der Waals surface area contributed by atoms with Gasteiger partial charge in [0.1, 0.15) is 11.5 Å². The van der Waals surface area contributed by atoms with Crippen LogP contribution in [0.2, 0.25) is 0 Å². The SMILES string of the molecule is C=C[C@@H]1CCC(C)=CC1c1c(O)cc(CCCCC)c(I)c1O. The standard InChI is InChI=1S/C20H27IO2/c1-4-6-7-8-15-12-17(22)18(20(23)19(15)21)16-11-13(3)9-10-14(16)5-2/h5,11-12,14,16,22-23H,2,4,6-10H2,1,3H3/t14-,16?/m1/s1.